The molecule has 3 rings (SSSR count). The molecule has 0 aromatic carbocycles. The maximum atomic E-state index is 12.3. The second kappa shape index (κ2) is 5.39. The molecule has 118 valence electrons. The highest BCUT2D eigenvalue weighted by atomic mass is 32.2. The van der Waals surface area contributed by atoms with E-state index < -0.39 is 0 Å². The van der Waals surface area contributed by atoms with Gasteiger partial charge in [0.05, 0.1) is 16.8 Å². The first-order chi connectivity index (χ1) is 9.93. The zero-order chi connectivity index (χ0) is 15.4. The number of nitrogens with zero attached hydrogens (tertiary/aromatic N) is 1. The molecule has 3 nitrogen and oxygen atoms in total. The van der Waals surface area contributed by atoms with Crippen LogP contribution in [-0.2, 0) is 4.79 Å². The number of hydrogen-bond acceptors (Lipinski definition) is 5. The smallest absolute Gasteiger partial charge is 0.246 e. The van der Waals surface area contributed by atoms with Crippen molar-refractivity contribution in [3.05, 3.63) is 9.14 Å². The maximum absolute atomic E-state index is 12.3. The summed E-state index contributed by atoms with van der Waals surface area (Å²) in [7, 11) is 0. The summed E-state index contributed by atoms with van der Waals surface area (Å²) in [6.07, 6.45) is 7.95. The van der Waals surface area contributed by atoms with Gasteiger partial charge in [0.15, 0.2) is 0 Å². The highest BCUT2D eigenvalue weighted by molar-refractivity contribution is 8.22. The lowest BCUT2D eigenvalue weighted by Gasteiger charge is -2.39. The van der Waals surface area contributed by atoms with Crippen molar-refractivity contribution in [2.75, 3.05) is 19.1 Å². The minimum Gasteiger partial charge on any atom is -0.322 e. The highest BCUT2D eigenvalue weighted by Crippen LogP contribution is 2.76. The number of fused-ring (bicyclic) bond motifs is 1. The molecule has 0 aromatic rings. The molecule has 1 amide bonds. The average Bonchev–Trinajstić information content (AvgIpc) is 3.03. The molecule has 3 aliphatic rings. The Hall–Kier alpha value is 0.220. The molecule has 1 aliphatic heterocycles. The second-order valence-electron chi connectivity index (χ2n) is 6.72. The molecule has 2 N–H and O–H groups in total. The first-order valence-corrected chi connectivity index (χ1v) is 10.7. The van der Waals surface area contributed by atoms with Crippen molar-refractivity contribution in [2.24, 2.45) is 22.5 Å². The van der Waals surface area contributed by atoms with Gasteiger partial charge >= 0.3 is 0 Å². The molecule has 3 unspecified atom stereocenters. The van der Waals surface area contributed by atoms with Crippen LogP contribution >= 0.6 is 35.5 Å². The van der Waals surface area contributed by atoms with E-state index in [0.717, 1.165) is 12.3 Å². The summed E-state index contributed by atoms with van der Waals surface area (Å²) in [5.74, 6) is 0.820. The lowest BCUT2D eigenvalue weighted by atomic mass is 9.67. The van der Waals surface area contributed by atoms with Crippen molar-refractivity contribution in [2.45, 2.75) is 39.2 Å². The van der Waals surface area contributed by atoms with Crippen molar-refractivity contribution < 1.29 is 4.79 Å². The van der Waals surface area contributed by atoms with Crippen LogP contribution in [0.3, 0.4) is 0 Å². The van der Waals surface area contributed by atoms with Crippen LogP contribution in [0.1, 0.15) is 33.1 Å². The van der Waals surface area contributed by atoms with Gasteiger partial charge in [-0.1, -0.05) is 13.8 Å². The van der Waals surface area contributed by atoms with Crippen LogP contribution in [0.5, 0.6) is 0 Å². The second-order valence-corrected chi connectivity index (χ2v) is 9.60. The van der Waals surface area contributed by atoms with Crippen molar-refractivity contribution in [3.63, 3.8) is 0 Å². The summed E-state index contributed by atoms with van der Waals surface area (Å²) >= 11 is 5.33. The van der Waals surface area contributed by atoms with Crippen LogP contribution in [0.2, 0.25) is 0 Å². The molecule has 1 spiro atoms. The summed E-state index contributed by atoms with van der Waals surface area (Å²) in [6, 6.07) is 0.344. The van der Waals surface area contributed by atoms with Gasteiger partial charge in [-0.2, -0.15) is 0 Å². The Kier molecular flexibility index (Phi) is 4.13. The molecule has 2 saturated carbocycles. The van der Waals surface area contributed by atoms with E-state index in [0.29, 0.717) is 6.04 Å². The molecular formula is C15H24N2OS3. The van der Waals surface area contributed by atoms with E-state index in [9.17, 15) is 4.79 Å². The van der Waals surface area contributed by atoms with E-state index in [1.165, 1.54) is 22.0 Å². The lowest BCUT2D eigenvalue weighted by molar-refractivity contribution is -0.127. The topological polar surface area (TPSA) is 46.3 Å². The monoisotopic (exact) mass is 344 g/mol. The van der Waals surface area contributed by atoms with Crippen molar-refractivity contribution in [3.8, 4) is 0 Å². The van der Waals surface area contributed by atoms with Gasteiger partial charge < -0.3 is 5.73 Å². The van der Waals surface area contributed by atoms with E-state index in [4.69, 9.17) is 5.73 Å². The predicted octanol–water partition coefficient (Wildman–Crippen LogP) is 3.53. The van der Waals surface area contributed by atoms with Crippen molar-refractivity contribution in [1.29, 1.82) is 0 Å². The van der Waals surface area contributed by atoms with Crippen LogP contribution in [-0.4, -0.2) is 35.3 Å². The van der Waals surface area contributed by atoms with Gasteiger partial charge in [0.25, 0.3) is 0 Å². The van der Waals surface area contributed by atoms with Crippen LogP contribution in [0.4, 0.5) is 0 Å². The molecule has 6 heteroatoms. The molecule has 3 fully saturated rings. The van der Waals surface area contributed by atoms with Gasteiger partial charge in [0, 0.05) is 10.3 Å². The molecular weight excluding hydrogens is 320 g/mol. The Labute approximate surface area is 140 Å². The van der Waals surface area contributed by atoms with Crippen LogP contribution < -0.4 is 5.73 Å². The quantitative estimate of drug-likeness (QED) is 0.794. The Morgan fingerprint density at radius 1 is 1.43 bits per heavy atom. The number of carbonyl (C=O) groups excluding carboxylic acids is 1. The third kappa shape index (κ3) is 1.91. The largest absolute Gasteiger partial charge is 0.322 e. The molecule has 0 aromatic heterocycles. The van der Waals surface area contributed by atoms with Crippen LogP contribution in [0.15, 0.2) is 9.14 Å². The van der Waals surface area contributed by atoms with Gasteiger partial charge in [-0.3, -0.25) is 9.10 Å². The molecule has 1 heterocycles. The molecule has 2 aliphatic carbocycles. The minimum atomic E-state index is 0.0873. The molecule has 0 radical (unpaired) electrons. The van der Waals surface area contributed by atoms with Gasteiger partial charge in [0.1, 0.15) is 0 Å². The number of nitrogens with two attached hydrogens (primary N) is 1. The fraction of sp³-hybridized carbons (Fsp3) is 0.800. The zero-order valence-electron chi connectivity index (χ0n) is 13.1. The fourth-order valence-electron chi connectivity index (χ4n) is 4.83. The van der Waals surface area contributed by atoms with Gasteiger partial charge in [-0.25, -0.2) is 0 Å². The zero-order valence-corrected chi connectivity index (χ0v) is 15.6. The van der Waals surface area contributed by atoms with E-state index >= 15 is 0 Å². The first-order valence-electron chi connectivity index (χ1n) is 7.46. The highest BCUT2D eigenvalue weighted by Gasteiger charge is 2.71. The summed E-state index contributed by atoms with van der Waals surface area (Å²) in [4.78, 5) is 13.8. The third-order valence-corrected chi connectivity index (χ3v) is 9.80. The SMILES string of the molecule is CSC(SC)=C1SN(C(=O)CN)C2CC3CCC12C3(C)C. The number of rotatable bonds is 3. The summed E-state index contributed by atoms with van der Waals surface area (Å²) in [5, 5.41) is 0. The number of thioether (sulfide) groups is 2. The van der Waals surface area contributed by atoms with E-state index in [1.54, 1.807) is 11.9 Å². The Morgan fingerprint density at radius 2 is 2.10 bits per heavy atom. The number of amides is 1. The first kappa shape index (κ1) is 16.1. The third-order valence-electron chi connectivity index (χ3n) is 5.99. The summed E-state index contributed by atoms with van der Waals surface area (Å²) < 4.78 is 3.40. The van der Waals surface area contributed by atoms with Crippen LogP contribution in [0.25, 0.3) is 0 Å². The van der Waals surface area contributed by atoms with E-state index in [2.05, 4.69) is 26.4 Å². The Morgan fingerprint density at radius 3 is 2.62 bits per heavy atom. The lowest BCUT2D eigenvalue weighted by Crippen LogP contribution is -2.44. The molecule has 2 bridgehead atoms. The van der Waals surface area contributed by atoms with Gasteiger partial charge in [-0.05, 0) is 55.1 Å². The van der Waals surface area contributed by atoms with E-state index in [-0.39, 0.29) is 23.3 Å². The van der Waals surface area contributed by atoms with Crippen LogP contribution in [0, 0.1) is 16.7 Å². The normalized spacial score (nSPS) is 36.2. The standard InChI is InChI=1S/C15H24N2OS3/c1-14(2)9-5-6-15(14)10(7-9)17(11(18)8-16)21-12(15)13(19-3)20-4/h9-10H,5-8,16H2,1-4H3. The predicted molar refractivity (Wildman–Crippen MR) is 94.9 cm³/mol. The maximum Gasteiger partial charge on any atom is 0.246 e. The van der Waals surface area contributed by atoms with Gasteiger partial charge in [0.2, 0.25) is 5.91 Å². The number of carbonyl (C=O) groups is 1. The van der Waals surface area contributed by atoms with Crippen molar-refractivity contribution >= 4 is 41.4 Å². The summed E-state index contributed by atoms with van der Waals surface area (Å²) in [6.45, 7) is 4.95. The molecule has 3 atom stereocenters. The minimum absolute atomic E-state index is 0.0873. The summed E-state index contributed by atoms with van der Waals surface area (Å²) in [5.41, 5.74) is 6.09. The Balaban J connectivity index is 2.14. The number of hydrogen-bond donors (Lipinski definition) is 1. The Bertz CT molecular complexity index is 499. The van der Waals surface area contributed by atoms with E-state index in [1.807, 2.05) is 27.8 Å². The molecule has 21 heavy (non-hydrogen) atoms. The van der Waals surface area contributed by atoms with Crippen molar-refractivity contribution in [1.82, 2.24) is 4.31 Å². The average molecular weight is 345 g/mol. The fourth-order valence-corrected chi connectivity index (χ4v) is 8.46. The van der Waals surface area contributed by atoms with Gasteiger partial charge in [-0.15, -0.1) is 23.5 Å². The molecule has 1 saturated heterocycles.